The van der Waals surface area contributed by atoms with Crippen LogP contribution in [-0.4, -0.2) is 11.2 Å². The van der Waals surface area contributed by atoms with E-state index in [2.05, 4.69) is 4.98 Å². The monoisotopic (exact) mass is 258 g/mol. The van der Waals surface area contributed by atoms with E-state index in [1.54, 1.807) is 12.3 Å². The van der Waals surface area contributed by atoms with Crippen LogP contribution in [0.25, 0.3) is 0 Å². The molecule has 1 saturated carbocycles. The van der Waals surface area contributed by atoms with Crippen molar-refractivity contribution < 1.29 is 13.2 Å². The van der Waals surface area contributed by atoms with Crippen molar-refractivity contribution in [3.8, 4) is 6.07 Å². The molecular formula is C11H9F3N2S. The highest BCUT2D eigenvalue weighted by Crippen LogP contribution is 2.43. The molecule has 0 unspecified atom stereocenters. The minimum absolute atomic E-state index is 0.134. The lowest BCUT2D eigenvalue weighted by atomic mass is 10.1. The molecule has 0 N–H and O–H groups in total. The van der Waals surface area contributed by atoms with E-state index in [0.29, 0.717) is 5.69 Å². The third-order valence-corrected chi connectivity index (χ3v) is 3.29. The molecule has 0 amide bonds. The van der Waals surface area contributed by atoms with Gasteiger partial charge in [-0.25, -0.2) is 4.98 Å². The van der Waals surface area contributed by atoms with Crippen LogP contribution in [0.5, 0.6) is 0 Å². The van der Waals surface area contributed by atoms with E-state index in [1.165, 1.54) is 0 Å². The van der Waals surface area contributed by atoms with Gasteiger partial charge in [-0.05, 0) is 25.2 Å². The zero-order valence-electron chi connectivity index (χ0n) is 9.01. The number of thioether (sulfide) groups is 1. The molecule has 0 spiro atoms. The maximum atomic E-state index is 12.8. The highest BCUT2D eigenvalue weighted by molar-refractivity contribution is 7.98. The van der Waals surface area contributed by atoms with Gasteiger partial charge < -0.3 is 0 Å². The Labute approximate surface area is 101 Å². The Hall–Kier alpha value is -1.22. The molecule has 0 aliphatic heterocycles. The first-order valence-corrected chi connectivity index (χ1v) is 6.26. The topological polar surface area (TPSA) is 36.7 Å². The molecule has 6 heteroatoms. The Kier molecular flexibility index (Phi) is 3.04. The second-order valence-corrected chi connectivity index (χ2v) is 4.66. The summed E-state index contributed by atoms with van der Waals surface area (Å²) in [5, 5.41) is 9.01. The van der Waals surface area contributed by atoms with Crippen molar-refractivity contribution in [2.75, 3.05) is 6.26 Å². The standard InChI is InChI=1S/C11H9F3N2S/c1-17-10-7(5-15)8(11(12,13)14)4-9(16-10)6-2-3-6/h4,6H,2-3H2,1H3. The number of nitrogens with zero attached hydrogens (tertiary/aromatic N) is 2. The maximum absolute atomic E-state index is 12.8. The van der Waals surface area contributed by atoms with Gasteiger partial charge in [-0.3, -0.25) is 0 Å². The predicted octanol–water partition coefficient (Wildman–Crippen LogP) is 3.57. The van der Waals surface area contributed by atoms with Gasteiger partial charge in [0.25, 0.3) is 0 Å². The Morgan fingerprint density at radius 2 is 2.12 bits per heavy atom. The van der Waals surface area contributed by atoms with E-state index in [-0.39, 0.29) is 16.5 Å². The molecule has 90 valence electrons. The molecular weight excluding hydrogens is 249 g/mol. The van der Waals surface area contributed by atoms with Gasteiger partial charge in [0.15, 0.2) is 0 Å². The van der Waals surface area contributed by atoms with Crippen molar-refractivity contribution in [1.29, 1.82) is 5.26 Å². The summed E-state index contributed by atoms with van der Waals surface area (Å²) in [7, 11) is 0. The molecule has 0 atom stereocenters. The van der Waals surface area contributed by atoms with Gasteiger partial charge in [0.1, 0.15) is 11.1 Å². The van der Waals surface area contributed by atoms with Crippen molar-refractivity contribution in [2.45, 2.75) is 30.0 Å². The van der Waals surface area contributed by atoms with Gasteiger partial charge in [-0.2, -0.15) is 18.4 Å². The Morgan fingerprint density at radius 1 is 1.47 bits per heavy atom. The minimum atomic E-state index is -4.50. The molecule has 17 heavy (non-hydrogen) atoms. The van der Waals surface area contributed by atoms with E-state index in [9.17, 15) is 13.2 Å². The largest absolute Gasteiger partial charge is 0.417 e. The van der Waals surface area contributed by atoms with Crippen molar-refractivity contribution >= 4 is 11.8 Å². The van der Waals surface area contributed by atoms with Crippen LogP contribution >= 0.6 is 11.8 Å². The Bertz CT molecular complexity index is 487. The Balaban J connectivity index is 2.61. The molecule has 2 rings (SSSR count). The smallest absolute Gasteiger partial charge is 0.245 e. The summed E-state index contributed by atoms with van der Waals surface area (Å²) in [5.41, 5.74) is -0.767. The lowest BCUT2D eigenvalue weighted by molar-refractivity contribution is -0.138. The van der Waals surface area contributed by atoms with Gasteiger partial charge in [-0.15, -0.1) is 11.8 Å². The molecule has 2 nitrogen and oxygen atoms in total. The van der Waals surface area contributed by atoms with Crippen LogP contribution in [0, 0.1) is 11.3 Å². The normalized spacial score (nSPS) is 15.7. The number of hydrogen-bond acceptors (Lipinski definition) is 3. The lowest BCUT2D eigenvalue weighted by Gasteiger charge is -2.12. The van der Waals surface area contributed by atoms with Crippen LogP contribution in [0.3, 0.4) is 0 Å². The molecule has 1 heterocycles. The summed E-state index contributed by atoms with van der Waals surface area (Å²) in [5.74, 6) is 0.134. The van der Waals surface area contributed by atoms with Crippen LogP contribution in [-0.2, 0) is 6.18 Å². The molecule has 1 aromatic heterocycles. The molecule has 0 saturated heterocycles. The first kappa shape index (κ1) is 12.2. The van der Waals surface area contributed by atoms with Gasteiger partial charge in [0, 0.05) is 11.6 Å². The average molecular weight is 258 g/mol. The summed E-state index contributed by atoms with van der Waals surface area (Å²) in [4.78, 5) is 4.14. The molecule has 1 aliphatic carbocycles. The Morgan fingerprint density at radius 3 is 2.53 bits per heavy atom. The van der Waals surface area contributed by atoms with E-state index in [1.807, 2.05) is 0 Å². The lowest BCUT2D eigenvalue weighted by Crippen LogP contribution is -2.11. The second-order valence-electron chi connectivity index (χ2n) is 3.86. The van der Waals surface area contributed by atoms with Crippen LogP contribution in [0.15, 0.2) is 11.1 Å². The van der Waals surface area contributed by atoms with Crippen molar-refractivity contribution in [1.82, 2.24) is 4.98 Å². The second kappa shape index (κ2) is 4.22. The highest BCUT2D eigenvalue weighted by Gasteiger charge is 2.37. The fraction of sp³-hybridized carbons (Fsp3) is 0.455. The van der Waals surface area contributed by atoms with E-state index < -0.39 is 11.7 Å². The first-order valence-electron chi connectivity index (χ1n) is 5.03. The predicted molar refractivity (Wildman–Crippen MR) is 57.7 cm³/mol. The number of nitriles is 1. The summed E-state index contributed by atoms with van der Waals surface area (Å²) >= 11 is 1.08. The number of aromatic nitrogens is 1. The molecule has 0 aromatic carbocycles. The summed E-state index contributed by atoms with van der Waals surface area (Å²) < 4.78 is 38.5. The molecule has 1 aromatic rings. The maximum Gasteiger partial charge on any atom is 0.417 e. The summed E-state index contributed by atoms with van der Waals surface area (Å²) in [6.07, 6.45) is -1.11. The zero-order chi connectivity index (χ0) is 12.6. The fourth-order valence-corrected chi connectivity index (χ4v) is 2.16. The zero-order valence-corrected chi connectivity index (χ0v) is 9.82. The summed E-state index contributed by atoms with van der Waals surface area (Å²) in [6.45, 7) is 0. The van der Waals surface area contributed by atoms with Crippen LogP contribution in [0.4, 0.5) is 13.2 Å². The third kappa shape index (κ3) is 2.39. The van der Waals surface area contributed by atoms with Gasteiger partial charge in [-0.1, -0.05) is 0 Å². The fourth-order valence-electron chi connectivity index (χ4n) is 1.61. The number of hydrogen-bond donors (Lipinski definition) is 0. The van der Waals surface area contributed by atoms with E-state index >= 15 is 0 Å². The van der Waals surface area contributed by atoms with Crippen molar-refractivity contribution in [2.24, 2.45) is 0 Å². The molecule has 0 bridgehead atoms. The number of rotatable bonds is 2. The molecule has 1 aliphatic rings. The third-order valence-electron chi connectivity index (χ3n) is 2.61. The summed E-state index contributed by atoms with van der Waals surface area (Å²) in [6, 6.07) is 2.63. The molecule has 0 radical (unpaired) electrons. The van der Waals surface area contributed by atoms with Gasteiger partial charge in [0.05, 0.1) is 11.1 Å². The van der Waals surface area contributed by atoms with E-state index in [4.69, 9.17) is 5.26 Å². The minimum Gasteiger partial charge on any atom is -0.245 e. The average Bonchev–Trinajstić information content (AvgIpc) is 3.09. The van der Waals surface area contributed by atoms with Gasteiger partial charge in [0.2, 0.25) is 0 Å². The quantitative estimate of drug-likeness (QED) is 0.761. The van der Waals surface area contributed by atoms with Crippen LogP contribution in [0.1, 0.15) is 35.6 Å². The highest BCUT2D eigenvalue weighted by atomic mass is 32.2. The number of alkyl halides is 3. The van der Waals surface area contributed by atoms with Crippen LogP contribution < -0.4 is 0 Å². The van der Waals surface area contributed by atoms with Gasteiger partial charge >= 0.3 is 6.18 Å². The van der Waals surface area contributed by atoms with Crippen molar-refractivity contribution in [3.05, 3.63) is 22.9 Å². The SMILES string of the molecule is CSc1nc(C2CC2)cc(C(F)(F)F)c1C#N. The van der Waals surface area contributed by atoms with Crippen LogP contribution in [0.2, 0.25) is 0 Å². The number of halogens is 3. The van der Waals surface area contributed by atoms with E-state index in [0.717, 1.165) is 30.7 Å². The van der Waals surface area contributed by atoms with Crippen molar-refractivity contribution in [3.63, 3.8) is 0 Å². The first-order chi connectivity index (χ1) is 7.97. The number of pyridine rings is 1. The molecule has 1 fully saturated rings.